The lowest BCUT2D eigenvalue weighted by Gasteiger charge is -2.18. The monoisotopic (exact) mass is 381 g/mol. The summed E-state index contributed by atoms with van der Waals surface area (Å²) in [5, 5.41) is 9.57. The standard InChI is InChI=1S/C19H32ClN5O/c1-2-3-4-5-6-7-8-9-10-11-15(12-13-26)25-14-22-16-17(21)23-19(20)24-18(16)25/h14-15,26H,2-13H2,1H3,(H2,21,23,24). The third-order valence-corrected chi connectivity index (χ3v) is 5.09. The molecule has 1 atom stereocenters. The number of nitrogens with zero attached hydrogens (tertiary/aromatic N) is 4. The molecule has 0 saturated heterocycles. The molecule has 0 radical (unpaired) electrons. The van der Waals surface area contributed by atoms with Crippen LogP contribution < -0.4 is 5.73 Å². The molecule has 0 aromatic carbocycles. The molecule has 0 fully saturated rings. The summed E-state index contributed by atoms with van der Waals surface area (Å²) in [6.07, 6.45) is 15.1. The Morgan fingerprint density at radius 3 is 2.35 bits per heavy atom. The van der Waals surface area contributed by atoms with E-state index in [0.29, 0.717) is 23.4 Å². The second-order valence-corrected chi connectivity index (χ2v) is 7.32. The van der Waals surface area contributed by atoms with E-state index in [-0.39, 0.29) is 17.9 Å². The summed E-state index contributed by atoms with van der Waals surface area (Å²) in [4.78, 5) is 12.6. The van der Waals surface area contributed by atoms with Gasteiger partial charge < -0.3 is 15.4 Å². The second kappa shape index (κ2) is 11.3. The van der Waals surface area contributed by atoms with E-state index in [1.54, 1.807) is 6.33 Å². The molecule has 2 aromatic rings. The minimum Gasteiger partial charge on any atom is -0.396 e. The molecule has 0 aliphatic heterocycles. The van der Waals surface area contributed by atoms with Crippen molar-refractivity contribution in [1.29, 1.82) is 0 Å². The number of rotatable bonds is 13. The van der Waals surface area contributed by atoms with Gasteiger partial charge >= 0.3 is 0 Å². The molecule has 0 bridgehead atoms. The predicted octanol–water partition coefficient (Wildman–Crippen LogP) is 4.91. The fraction of sp³-hybridized carbons (Fsp3) is 0.737. The molecule has 0 saturated carbocycles. The lowest BCUT2D eigenvalue weighted by molar-refractivity contribution is 0.251. The Balaban J connectivity index is 1.84. The first kappa shape index (κ1) is 20.9. The topological polar surface area (TPSA) is 89.8 Å². The van der Waals surface area contributed by atoms with Crippen LogP contribution in [0.25, 0.3) is 11.2 Å². The summed E-state index contributed by atoms with van der Waals surface area (Å²) in [5.74, 6) is 0.296. The van der Waals surface area contributed by atoms with Gasteiger partial charge in [-0.05, 0) is 24.4 Å². The van der Waals surface area contributed by atoms with E-state index in [1.807, 2.05) is 4.57 Å². The van der Waals surface area contributed by atoms with Gasteiger partial charge in [0.1, 0.15) is 5.52 Å². The molecule has 146 valence electrons. The van der Waals surface area contributed by atoms with Crippen LogP contribution in [0, 0.1) is 0 Å². The highest BCUT2D eigenvalue weighted by Gasteiger charge is 2.17. The highest BCUT2D eigenvalue weighted by atomic mass is 35.5. The number of anilines is 1. The highest BCUT2D eigenvalue weighted by molar-refractivity contribution is 6.28. The molecular weight excluding hydrogens is 350 g/mol. The summed E-state index contributed by atoms with van der Waals surface area (Å²) < 4.78 is 1.99. The van der Waals surface area contributed by atoms with E-state index in [4.69, 9.17) is 17.3 Å². The first-order valence-electron chi connectivity index (χ1n) is 9.93. The molecule has 0 aliphatic carbocycles. The van der Waals surface area contributed by atoms with E-state index < -0.39 is 0 Å². The van der Waals surface area contributed by atoms with Crippen molar-refractivity contribution in [3.05, 3.63) is 11.6 Å². The number of halogens is 1. The fourth-order valence-electron chi connectivity index (χ4n) is 3.44. The van der Waals surface area contributed by atoms with E-state index in [1.165, 1.54) is 51.4 Å². The molecule has 6 nitrogen and oxygen atoms in total. The summed E-state index contributed by atoms with van der Waals surface area (Å²) >= 11 is 5.95. The van der Waals surface area contributed by atoms with Crippen molar-refractivity contribution in [2.24, 2.45) is 0 Å². The summed E-state index contributed by atoms with van der Waals surface area (Å²) in [6, 6.07) is 0.153. The molecule has 1 unspecified atom stereocenters. The molecule has 0 amide bonds. The van der Waals surface area contributed by atoms with Gasteiger partial charge in [-0.15, -0.1) is 0 Å². The van der Waals surface area contributed by atoms with Gasteiger partial charge in [-0.25, -0.2) is 4.98 Å². The van der Waals surface area contributed by atoms with E-state index in [9.17, 15) is 5.11 Å². The van der Waals surface area contributed by atoms with Gasteiger partial charge in [0.15, 0.2) is 11.5 Å². The average Bonchev–Trinajstić information content (AvgIpc) is 3.03. The van der Waals surface area contributed by atoms with Crippen LogP contribution >= 0.6 is 11.6 Å². The van der Waals surface area contributed by atoms with Crippen molar-refractivity contribution >= 4 is 28.6 Å². The van der Waals surface area contributed by atoms with Gasteiger partial charge in [0.05, 0.1) is 6.33 Å². The number of nitrogens with two attached hydrogens (primary N) is 1. The van der Waals surface area contributed by atoms with Crippen LogP contribution in [0.4, 0.5) is 5.82 Å². The van der Waals surface area contributed by atoms with Crippen molar-refractivity contribution in [2.45, 2.75) is 83.6 Å². The number of fused-ring (bicyclic) bond motifs is 1. The van der Waals surface area contributed by atoms with Gasteiger partial charge in [-0.2, -0.15) is 9.97 Å². The Morgan fingerprint density at radius 1 is 1.04 bits per heavy atom. The normalized spacial score (nSPS) is 12.7. The van der Waals surface area contributed by atoms with E-state index in [2.05, 4.69) is 21.9 Å². The zero-order valence-corrected chi connectivity index (χ0v) is 16.6. The van der Waals surface area contributed by atoms with Crippen LogP contribution in [0.5, 0.6) is 0 Å². The maximum atomic E-state index is 9.44. The number of aromatic nitrogens is 4. The second-order valence-electron chi connectivity index (χ2n) is 6.99. The van der Waals surface area contributed by atoms with Crippen LogP contribution in [0.2, 0.25) is 5.28 Å². The van der Waals surface area contributed by atoms with Crippen molar-refractivity contribution < 1.29 is 5.11 Å². The van der Waals surface area contributed by atoms with Crippen LogP contribution in [-0.2, 0) is 0 Å². The predicted molar refractivity (Wildman–Crippen MR) is 107 cm³/mol. The van der Waals surface area contributed by atoms with Gasteiger partial charge in [-0.3, -0.25) is 0 Å². The largest absolute Gasteiger partial charge is 0.396 e. The first-order chi connectivity index (χ1) is 12.7. The maximum Gasteiger partial charge on any atom is 0.226 e. The Bertz CT molecular complexity index is 661. The minimum atomic E-state index is 0.127. The number of hydrogen-bond donors (Lipinski definition) is 2. The third kappa shape index (κ3) is 6.09. The lowest BCUT2D eigenvalue weighted by atomic mass is 10.0. The quantitative estimate of drug-likeness (QED) is 0.380. The molecular formula is C19H32ClN5O. The number of aliphatic hydroxyl groups is 1. The Labute approximate surface area is 161 Å². The Morgan fingerprint density at radius 2 is 1.69 bits per heavy atom. The summed E-state index contributed by atoms with van der Waals surface area (Å²) in [6.45, 7) is 2.39. The number of nitrogen functional groups attached to an aromatic ring is 1. The summed E-state index contributed by atoms with van der Waals surface area (Å²) in [7, 11) is 0. The van der Waals surface area contributed by atoms with Gasteiger partial charge in [0.25, 0.3) is 0 Å². The van der Waals surface area contributed by atoms with Crippen molar-refractivity contribution in [2.75, 3.05) is 12.3 Å². The van der Waals surface area contributed by atoms with Gasteiger partial charge in [0, 0.05) is 12.6 Å². The number of imidazole rings is 1. The SMILES string of the molecule is CCCCCCCCCCCC(CCO)n1cnc2c(N)nc(Cl)nc21. The van der Waals surface area contributed by atoms with Crippen LogP contribution in [0.15, 0.2) is 6.33 Å². The third-order valence-electron chi connectivity index (χ3n) is 4.92. The van der Waals surface area contributed by atoms with Crippen LogP contribution in [-0.4, -0.2) is 31.2 Å². The Kier molecular flexibility index (Phi) is 9.12. The van der Waals surface area contributed by atoms with Crippen molar-refractivity contribution in [3.63, 3.8) is 0 Å². The molecule has 2 rings (SSSR count). The first-order valence-corrected chi connectivity index (χ1v) is 10.3. The van der Waals surface area contributed by atoms with Crippen LogP contribution in [0.3, 0.4) is 0 Å². The van der Waals surface area contributed by atoms with Gasteiger partial charge in [-0.1, -0.05) is 64.7 Å². The molecule has 2 aromatic heterocycles. The summed E-state index contributed by atoms with van der Waals surface area (Å²) in [5.41, 5.74) is 7.11. The minimum absolute atomic E-state index is 0.127. The average molecular weight is 382 g/mol. The number of aliphatic hydroxyl groups excluding tert-OH is 1. The van der Waals surface area contributed by atoms with E-state index >= 15 is 0 Å². The zero-order chi connectivity index (χ0) is 18.8. The zero-order valence-electron chi connectivity index (χ0n) is 15.8. The van der Waals surface area contributed by atoms with Crippen molar-refractivity contribution in [3.8, 4) is 0 Å². The molecule has 0 aliphatic rings. The van der Waals surface area contributed by atoms with Crippen molar-refractivity contribution in [1.82, 2.24) is 19.5 Å². The maximum absolute atomic E-state index is 9.44. The Hall–Kier alpha value is -1.40. The molecule has 7 heteroatoms. The number of hydrogen-bond acceptors (Lipinski definition) is 5. The van der Waals surface area contributed by atoms with Crippen LogP contribution in [0.1, 0.15) is 83.6 Å². The highest BCUT2D eigenvalue weighted by Crippen LogP contribution is 2.26. The van der Waals surface area contributed by atoms with Gasteiger partial charge in [0.2, 0.25) is 5.28 Å². The van der Waals surface area contributed by atoms with E-state index in [0.717, 1.165) is 12.8 Å². The molecule has 0 spiro atoms. The lowest BCUT2D eigenvalue weighted by Crippen LogP contribution is -2.11. The number of unbranched alkanes of at least 4 members (excludes halogenated alkanes) is 8. The molecule has 26 heavy (non-hydrogen) atoms. The molecule has 3 N–H and O–H groups in total. The fourth-order valence-corrected chi connectivity index (χ4v) is 3.61. The smallest absolute Gasteiger partial charge is 0.226 e. The molecule has 2 heterocycles.